The zero-order valence-electron chi connectivity index (χ0n) is 9.63. The lowest BCUT2D eigenvalue weighted by Crippen LogP contribution is -2.04. The molecule has 0 saturated heterocycles. The Bertz CT molecular complexity index is 550. The van der Waals surface area contributed by atoms with Gasteiger partial charge in [-0.25, -0.2) is 9.97 Å². The van der Waals surface area contributed by atoms with Crippen LogP contribution in [0.4, 0.5) is 5.82 Å². The lowest BCUT2D eigenvalue weighted by Gasteiger charge is -2.09. The summed E-state index contributed by atoms with van der Waals surface area (Å²) in [4.78, 5) is 12.0. The SMILES string of the molecule is COc1cnccc1COc1nc(Br)cnc1N. The number of aromatic nitrogens is 3. The van der Waals surface area contributed by atoms with Crippen LogP contribution in [0.25, 0.3) is 0 Å². The third-order valence-electron chi connectivity index (χ3n) is 2.19. The number of nitrogen functional groups attached to an aromatic ring is 1. The van der Waals surface area contributed by atoms with E-state index in [1.807, 2.05) is 0 Å². The predicted molar refractivity (Wildman–Crippen MR) is 69.3 cm³/mol. The molecule has 0 bridgehead atoms. The van der Waals surface area contributed by atoms with E-state index < -0.39 is 0 Å². The molecule has 0 aliphatic rings. The smallest absolute Gasteiger partial charge is 0.258 e. The Morgan fingerprint density at radius 3 is 3.00 bits per heavy atom. The highest BCUT2D eigenvalue weighted by atomic mass is 79.9. The van der Waals surface area contributed by atoms with E-state index in [1.165, 1.54) is 6.20 Å². The zero-order valence-corrected chi connectivity index (χ0v) is 11.2. The highest BCUT2D eigenvalue weighted by Crippen LogP contribution is 2.22. The first-order valence-corrected chi connectivity index (χ1v) is 5.87. The fourth-order valence-corrected chi connectivity index (χ4v) is 1.59. The maximum atomic E-state index is 5.66. The average Bonchev–Trinajstić information content (AvgIpc) is 2.40. The predicted octanol–water partition coefficient (Wildman–Crippen LogP) is 1.80. The van der Waals surface area contributed by atoms with Gasteiger partial charge < -0.3 is 15.2 Å². The van der Waals surface area contributed by atoms with Crippen LogP contribution in [-0.4, -0.2) is 22.1 Å². The summed E-state index contributed by atoms with van der Waals surface area (Å²) in [5.74, 6) is 1.17. The van der Waals surface area contributed by atoms with Crippen LogP contribution in [0.3, 0.4) is 0 Å². The van der Waals surface area contributed by atoms with Crippen molar-refractivity contribution in [3.63, 3.8) is 0 Å². The quantitative estimate of drug-likeness (QED) is 0.927. The molecule has 0 aromatic carbocycles. The molecule has 7 heteroatoms. The number of halogens is 1. The van der Waals surface area contributed by atoms with Gasteiger partial charge in [-0.15, -0.1) is 0 Å². The Hall–Kier alpha value is -1.89. The van der Waals surface area contributed by atoms with E-state index in [9.17, 15) is 0 Å². The first-order chi connectivity index (χ1) is 8.70. The molecule has 0 unspecified atom stereocenters. The lowest BCUT2D eigenvalue weighted by atomic mass is 10.2. The molecule has 2 aromatic heterocycles. The number of hydrogen-bond donors (Lipinski definition) is 1. The third kappa shape index (κ3) is 2.86. The Kier molecular flexibility index (Phi) is 3.93. The summed E-state index contributed by atoms with van der Waals surface area (Å²) >= 11 is 3.21. The molecule has 94 valence electrons. The number of nitrogens with two attached hydrogens (primary N) is 1. The minimum Gasteiger partial charge on any atom is -0.495 e. The molecule has 0 radical (unpaired) electrons. The van der Waals surface area contributed by atoms with Gasteiger partial charge in [-0.05, 0) is 22.0 Å². The van der Waals surface area contributed by atoms with Crippen molar-refractivity contribution in [3.8, 4) is 11.6 Å². The molecule has 0 atom stereocenters. The fraction of sp³-hybridized carbons (Fsp3) is 0.182. The van der Waals surface area contributed by atoms with Gasteiger partial charge in [0.15, 0.2) is 5.82 Å². The Labute approximate surface area is 112 Å². The normalized spacial score (nSPS) is 10.1. The van der Waals surface area contributed by atoms with E-state index in [-0.39, 0.29) is 18.3 Å². The first kappa shape index (κ1) is 12.6. The molecule has 2 heterocycles. The van der Waals surface area contributed by atoms with Gasteiger partial charge >= 0.3 is 0 Å². The van der Waals surface area contributed by atoms with Crippen molar-refractivity contribution in [2.75, 3.05) is 12.8 Å². The largest absolute Gasteiger partial charge is 0.495 e. The summed E-state index contributed by atoms with van der Waals surface area (Å²) < 4.78 is 11.2. The van der Waals surface area contributed by atoms with Crippen molar-refractivity contribution >= 4 is 21.7 Å². The summed E-state index contributed by atoms with van der Waals surface area (Å²) in [7, 11) is 1.58. The average molecular weight is 311 g/mol. The van der Waals surface area contributed by atoms with Gasteiger partial charge in [0.2, 0.25) is 0 Å². The van der Waals surface area contributed by atoms with Crippen molar-refractivity contribution in [1.29, 1.82) is 0 Å². The topological polar surface area (TPSA) is 83.2 Å². The van der Waals surface area contributed by atoms with Crippen molar-refractivity contribution in [3.05, 3.63) is 34.8 Å². The molecule has 0 amide bonds. The Morgan fingerprint density at radius 1 is 1.39 bits per heavy atom. The summed E-state index contributed by atoms with van der Waals surface area (Å²) in [5, 5.41) is 0. The van der Waals surface area contributed by atoms with Gasteiger partial charge in [0.25, 0.3) is 5.88 Å². The maximum Gasteiger partial charge on any atom is 0.258 e. The lowest BCUT2D eigenvalue weighted by molar-refractivity contribution is 0.285. The standard InChI is InChI=1S/C11H11BrN4O2/c1-17-8-4-14-3-2-7(8)6-18-11-10(13)15-5-9(12)16-11/h2-5H,6H2,1H3,(H2,13,15). The highest BCUT2D eigenvalue weighted by molar-refractivity contribution is 9.10. The molecular weight excluding hydrogens is 300 g/mol. The molecule has 2 N–H and O–H groups in total. The monoisotopic (exact) mass is 310 g/mol. The van der Waals surface area contributed by atoms with Crippen LogP contribution in [-0.2, 0) is 6.61 Å². The van der Waals surface area contributed by atoms with Crippen LogP contribution in [0.1, 0.15) is 5.56 Å². The third-order valence-corrected chi connectivity index (χ3v) is 2.57. The van der Waals surface area contributed by atoms with E-state index in [4.69, 9.17) is 15.2 Å². The number of anilines is 1. The second-order valence-electron chi connectivity index (χ2n) is 3.36. The fourth-order valence-electron chi connectivity index (χ4n) is 1.33. The number of pyridine rings is 1. The van der Waals surface area contributed by atoms with Gasteiger partial charge in [0, 0.05) is 11.8 Å². The van der Waals surface area contributed by atoms with Crippen LogP contribution in [0.5, 0.6) is 11.6 Å². The van der Waals surface area contributed by atoms with Gasteiger partial charge in [-0.1, -0.05) is 0 Å². The summed E-state index contributed by atoms with van der Waals surface area (Å²) in [6, 6.07) is 1.81. The molecule has 0 spiro atoms. The van der Waals surface area contributed by atoms with Crippen LogP contribution in [0, 0.1) is 0 Å². The molecule has 0 aliphatic carbocycles. The van der Waals surface area contributed by atoms with Crippen molar-refractivity contribution < 1.29 is 9.47 Å². The minimum absolute atomic E-state index is 0.242. The molecule has 6 nitrogen and oxygen atoms in total. The summed E-state index contributed by atoms with van der Waals surface area (Å²) in [6.07, 6.45) is 4.79. The first-order valence-electron chi connectivity index (χ1n) is 5.08. The van der Waals surface area contributed by atoms with E-state index in [1.54, 1.807) is 25.6 Å². The Balaban J connectivity index is 2.14. The molecule has 0 saturated carbocycles. The zero-order chi connectivity index (χ0) is 13.0. The van der Waals surface area contributed by atoms with E-state index in [0.29, 0.717) is 10.4 Å². The number of hydrogen-bond acceptors (Lipinski definition) is 6. The van der Waals surface area contributed by atoms with Gasteiger partial charge in [0.05, 0.1) is 19.5 Å². The van der Waals surface area contributed by atoms with Crippen molar-refractivity contribution in [1.82, 2.24) is 15.0 Å². The summed E-state index contributed by atoms with van der Waals surface area (Å²) in [6.45, 7) is 0.279. The Morgan fingerprint density at radius 2 is 2.22 bits per heavy atom. The molecule has 0 aliphatic heterocycles. The van der Waals surface area contributed by atoms with Gasteiger partial charge in [-0.2, -0.15) is 0 Å². The molecule has 2 rings (SSSR count). The van der Waals surface area contributed by atoms with Crippen molar-refractivity contribution in [2.24, 2.45) is 0 Å². The molecular formula is C11H11BrN4O2. The highest BCUT2D eigenvalue weighted by Gasteiger charge is 2.08. The minimum atomic E-state index is 0.242. The molecule has 0 fully saturated rings. The number of nitrogens with zero attached hydrogens (tertiary/aromatic N) is 3. The molecule has 18 heavy (non-hydrogen) atoms. The van der Waals surface area contributed by atoms with E-state index in [0.717, 1.165) is 5.56 Å². The summed E-state index contributed by atoms with van der Waals surface area (Å²) in [5.41, 5.74) is 6.52. The number of rotatable bonds is 4. The number of methoxy groups -OCH3 is 1. The molecule has 2 aromatic rings. The second-order valence-corrected chi connectivity index (χ2v) is 4.17. The van der Waals surface area contributed by atoms with Crippen LogP contribution < -0.4 is 15.2 Å². The van der Waals surface area contributed by atoms with Gasteiger partial charge in [0.1, 0.15) is 17.0 Å². The van der Waals surface area contributed by atoms with E-state index in [2.05, 4.69) is 30.9 Å². The van der Waals surface area contributed by atoms with Crippen LogP contribution in [0.2, 0.25) is 0 Å². The van der Waals surface area contributed by atoms with Crippen LogP contribution >= 0.6 is 15.9 Å². The maximum absolute atomic E-state index is 5.66. The number of ether oxygens (including phenoxy) is 2. The second kappa shape index (κ2) is 5.63. The van der Waals surface area contributed by atoms with Crippen LogP contribution in [0.15, 0.2) is 29.3 Å². The van der Waals surface area contributed by atoms with Crippen molar-refractivity contribution in [2.45, 2.75) is 6.61 Å². The van der Waals surface area contributed by atoms with E-state index >= 15 is 0 Å². The van der Waals surface area contributed by atoms with Gasteiger partial charge in [-0.3, -0.25) is 4.98 Å².